The Balaban J connectivity index is 2.22. The smallest absolute Gasteiger partial charge is 0.262 e. The number of fused-ring (bicyclic) bond motifs is 1. The third kappa shape index (κ3) is 2.84. The number of carbonyl (C=O) groups is 2. The van der Waals surface area contributed by atoms with Crippen LogP contribution in [0.1, 0.15) is 20.8 Å². The zero-order valence-corrected chi connectivity index (χ0v) is 11.8. The van der Waals surface area contributed by atoms with Gasteiger partial charge in [-0.15, -0.1) is 0 Å². The van der Waals surface area contributed by atoms with Crippen LogP contribution in [0.2, 0.25) is 0 Å². The summed E-state index contributed by atoms with van der Waals surface area (Å²) >= 11 is 0. The fourth-order valence-corrected chi connectivity index (χ4v) is 1.80. The molecule has 6 nitrogen and oxygen atoms in total. The van der Waals surface area contributed by atoms with Crippen molar-refractivity contribution in [3.05, 3.63) is 12.1 Å². The monoisotopic (exact) mass is 277 g/mol. The van der Waals surface area contributed by atoms with Gasteiger partial charge in [0.2, 0.25) is 5.91 Å². The van der Waals surface area contributed by atoms with Gasteiger partial charge < -0.3 is 21.1 Å². The number of ether oxygens (including phenoxy) is 1. The van der Waals surface area contributed by atoms with Crippen molar-refractivity contribution in [1.29, 1.82) is 0 Å². The second kappa shape index (κ2) is 5.40. The van der Waals surface area contributed by atoms with Gasteiger partial charge in [0.1, 0.15) is 5.75 Å². The number of nitrogens with one attached hydrogen (secondary N) is 2. The van der Waals surface area contributed by atoms with Gasteiger partial charge in [-0.05, 0) is 12.0 Å². The van der Waals surface area contributed by atoms with Crippen molar-refractivity contribution in [2.75, 3.05) is 23.0 Å². The molecule has 1 aliphatic rings. The molecule has 1 aromatic carbocycles. The Kier molecular flexibility index (Phi) is 3.83. The fraction of sp³-hybridized carbons (Fsp3) is 0.429. The maximum Gasteiger partial charge on any atom is 0.262 e. The summed E-state index contributed by atoms with van der Waals surface area (Å²) in [6, 6.07) is 3.22. The summed E-state index contributed by atoms with van der Waals surface area (Å²) in [6.07, 6.45) is 0. The Morgan fingerprint density at radius 2 is 2.10 bits per heavy atom. The Labute approximate surface area is 117 Å². The molecule has 6 heteroatoms. The lowest BCUT2D eigenvalue weighted by atomic mass is 9.97. The third-order valence-electron chi connectivity index (χ3n) is 3.46. The van der Waals surface area contributed by atoms with Gasteiger partial charge in [0.15, 0.2) is 6.61 Å². The number of nitrogens with two attached hydrogens (primary N) is 1. The summed E-state index contributed by atoms with van der Waals surface area (Å²) in [7, 11) is 0. The van der Waals surface area contributed by atoms with Gasteiger partial charge in [-0.1, -0.05) is 20.8 Å². The van der Waals surface area contributed by atoms with Crippen molar-refractivity contribution in [3.8, 4) is 5.75 Å². The number of amides is 2. The highest BCUT2D eigenvalue weighted by molar-refractivity contribution is 6.00. The van der Waals surface area contributed by atoms with E-state index in [9.17, 15) is 9.59 Å². The van der Waals surface area contributed by atoms with Crippen LogP contribution in [0.3, 0.4) is 0 Å². The van der Waals surface area contributed by atoms with E-state index in [1.807, 2.05) is 20.8 Å². The largest absolute Gasteiger partial charge is 0.482 e. The Morgan fingerprint density at radius 3 is 2.75 bits per heavy atom. The van der Waals surface area contributed by atoms with E-state index in [0.29, 0.717) is 22.8 Å². The Hall–Kier alpha value is -2.24. The number of hydrogen-bond acceptors (Lipinski definition) is 4. The van der Waals surface area contributed by atoms with Crippen LogP contribution in [0.4, 0.5) is 17.1 Å². The van der Waals surface area contributed by atoms with Crippen molar-refractivity contribution in [2.24, 2.45) is 11.8 Å². The minimum atomic E-state index is -0.227. The van der Waals surface area contributed by atoms with Gasteiger partial charge in [0.25, 0.3) is 5.91 Å². The van der Waals surface area contributed by atoms with Crippen LogP contribution >= 0.6 is 0 Å². The van der Waals surface area contributed by atoms with Crippen molar-refractivity contribution < 1.29 is 14.3 Å². The number of benzene rings is 1. The first-order valence-corrected chi connectivity index (χ1v) is 6.55. The summed E-state index contributed by atoms with van der Waals surface area (Å²) in [5, 5.41) is 5.47. The minimum absolute atomic E-state index is 0.0253. The highest BCUT2D eigenvalue weighted by Crippen LogP contribution is 2.35. The molecule has 0 radical (unpaired) electrons. The van der Waals surface area contributed by atoms with Crippen LogP contribution in [-0.2, 0) is 9.59 Å². The maximum absolute atomic E-state index is 12.1. The van der Waals surface area contributed by atoms with E-state index in [2.05, 4.69) is 10.6 Å². The van der Waals surface area contributed by atoms with E-state index < -0.39 is 0 Å². The molecule has 20 heavy (non-hydrogen) atoms. The first-order valence-electron chi connectivity index (χ1n) is 6.55. The predicted molar refractivity (Wildman–Crippen MR) is 77.6 cm³/mol. The molecular formula is C14H19N3O3. The number of anilines is 3. The zero-order valence-electron chi connectivity index (χ0n) is 11.8. The number of hydrogen-bond donors (Lipinski definition) is 3. The van der Waals surface area contributed by atoms with E-state index in [1.54, 1.807) is 12.1 Å². The molecule has 1 aliphatic heterocycles. The standard InChI is InChI=1S/C14H19N3O3/c1-7(2)8(3)14(19)17-10-5-11-12(4-9(10)15)20-6-13(18)16-11/h4-5,7-8H,6,15H2,1-3H3,(H,16,18)(H,17,19). The molecule has 1 heterocycles. The normalized spacial score (nSPS) is 15.1. The van der Waals surface area contributed by atoms with E-state index in [4.69, 9.17) is 10.5 Å². The average molecular weight is 277 g/mol. The second-order valence-electron chi connectivity index (χ2n) is 5.29. The van der Waals surface area contributed by atoms with Crippen LogP contribution < -0.4 is 21.1 Å². The molecule has 108 valence electrons. The van der Waals surface area contributed by atoms with Gasteiger partial charge in [0.05, 0.1) is 17.1 Å². The third-order valence-corrected chi connectivity index (χ3v) is 3.46. The summed E-state index contributed by atoms with van der Waals surface area (Å²) in [4.78, 5) is 23.3. The molecule has 0 aliphatic carbocycles. The minimum Gasteiger partial charge on any atom is -0.482 e. The molecule has 0 bridgehead atoms. The first kappa shape index (κ1) is 14.2. The van der Waals surface area contributed by atoms with Gasteiger partial charge in [-0.25, -0.2) is 0 Å². The molecule has 0 fully saturated rings. The van der Waals surface area contributed by atoms with Crippen molar-refractivity contribution in [3.63, 3.8) is 0 Å². The van der Waals surface area contributed by atoms with Crippen LogP contribution in [0.15, 0.2) is 12.1 Å². The molecule has 1 unspecified atom stereocenters. The van der Waals surface area contributed by atoms with E-state index in [-0.39, 0.29) is 30.3 Å². The summed E-state index contributed by atoms with van der Waals surface area (Å²) in [6.45, 7) is 5.80. The molecule has 1 atom stereocenters. The van der Waals surface area contributed by atoms with Crippen molar-refractivity contribution in [2.45, 2.75) is 20.8 Å². The molecule has 0 aromatic heterocycles. The zero-order chi connectivity index (χ0) is 14.9. The molecule has 4 N–H and O–H groups in total. The molecule has 0 saturated heterocycles. The lowest BCUT2D eigenvalue weighted by Gasteiger charge is -2.21. The Bertz CT molecular complexity index is 555. The SMILES string of the molecule is CC(C)C(C)C(=O)Nc1cc2c(cc1N)OCC(=O)N2. The lowest BCUT2D eigenvalue weighted by molar-refractivity contribution is -0.120. The van der Waals surface area contributed by atoms with Crippen molar-refractivity contribution in [1.82, 2.24) is 0 Å². The van der Waals surface area contributed by atoms with Crippen LogP contribution in [0.25, 0.3) is 0 Å². The Morgan fingerprint density at radius 1 is 1.40 bits per heavy atom. The molecular weight excluding hydrogens is 258 g/mol. The maximum atomic E-state index is 12.1. The summed E-state index contributed by atoms with van der Waals surface area (Å²) in [5.74, 6) is 0.287. The van der Waals surface area contributed by atoms with E-state index in [0.717, 1.165) is 0 Å². The molecule has 2 amide bonds. The summed E-state index contributed by atoms with van der Waals surface area (Å²) < 4.78 is 5.26. The van der Waals surface area contributed by atoms with E-state index >= 15 is 0 Å². The molecule has 2 rings (SSSR count). The quantitative estimate of drug-likeness (QED) is 0.735. The predicted octanol–water partition coefficient (Wildman–Crippen LogP) is 1.83. The first-order chi connectivity index (χ1) is 9.38. The molecule has 0 saturated carbocycles. The summed E-state index contributed by atoms with van der Waals surface area (Å²) in [5.41, 5.74) is 7.30. The fourth-order valence-electron chi connectivity index (χ4n) is 1.80. The highest BCUT2D eigenvalue weighted by Gasteiger charge is 2.21. The average Bonchev–Trinajstić information content (AvgIpc) is 2.39. The molecule has 0 spiro atoms. The number of carbonyl (C=O) groups excluding carboxylic acids is 2. The highest BCUT2D eigenvalue weighted by atomic mass is 16.5. The lowest BCUT2D eigenvalue weighted by Crippen LogP contribution is -2.27. The van der Waals surface area contributed by atoms with Gasteiger partial charge in [-0.3, -0.25) is 9.59 Å². The van der Waals surface area contributed by atoms with Gasteiger partial charge in [0, 0.05) is 12.0 Å². The topological polar surface area (TPSA) is 93.5 Å². The molecule has 1 aromatic rings. The van der Waals surface area contributed by atoms with Gasteiger partial charge in [-0.2, -0.15) is 0 Å². The van der Waals surface area contributed by atoms with Crippen LogP contribution in [0.5, 0.6) is 5.75 Å². The van der Waals surface area contributed by atoms with Gasteiger partial charge >= 0.3 is 0 Å². The van der Waals surface area contributed by atoms with E-state index in [1.165, 1.54) is 0 Å². The van der Waals surface area contributed by atoms with Crippen LogP contribution in [0, 0.1) is 11.8 Å². The number of nitrogen functional groups attached to an aromatic ring is 1. The second-order valence-corrected chi connectivity index (χ2v) is 5.29. The van der Waals surface area contributed by atoms with Crippen LogP contribution in [-0.4, -0.2) is 18.4 Å². The van der Waals surface area contributed by atoms with Crippen molar-refractivity contribution >= 4 is 28.9 Å². The number of rotatable bonds is 3.